The van der Waals surface area contributed by atoms with Gasteiger partial charge in [0, 0.05) is 17.3 Å². The predicted octanol–water partition coefficient (Wildman–Crippen LogP) is 2.24. The van der Waals surface area contributed by atoms with Gasteiger partial charge in [0.15, 0.2) is 5.82 Å². The highest BCUT2D eigenvalue weighted by Gasteiger charge is 2.11. The van der Waals surface area contributed by atoms with Crippen LogP contribution in [0.3, 0.4) is 0 Å². The van der Waals surface area contributed by atoms with Crippen molar-refractivity contribution in [1.29, 1.82) is 0 Å². The number of aromatic nitrogens is 2. The minimum Gasteiger partial charge on any atom is -0.508 e. The molecule has 0 spiro atoms. The smallest absolute Gasteiger partial charge is 0.257 e. The summed E-state index contributed by atoms with van der Waals surface area (Å²) in [5, 5.41) is 18.8. The Kier molecular flexibility index (Phi) is 3.32. The number of amides is 1. The molecule has 0 aliphatic rings. The fourth-order valence-corrected chi connectivity index (χ4v) is 1.69. The summed E-state index contributed by atoms with van der Waals surface area (Å²) in [7, 11) is 0. The molecule has 2 rings (SSSR count). The number of hydrogen-bond donors (Lipinski definition) is 3. The molecule has 1 heterocycles. The number of aromatic hydroxyl groups is 1. The van der Waals surface area contributed by atoms with Gasteiger partial charge in [-0.2, -0.15) is 5.10 Å². The molecule has 5 nitrogen and oxygen atoms in total. The quantitative estimate of drug-likeness (QED) is 0.776. The lowest BCUT2D eigenvalue weighted by atomic mass is 10.1. The zero-order chi connectivity index (χ0) is 13.1. The molecule has 3 N–H and O–H groups in total. The third-order valence-corrected chi connectivity index (χ3v) is 2.71. The lowest BCUT2D eigenvalue weighted by molar-refractivity contribution is 0.102. The fraction of sp³-hybridized carbons (Fsp3) is 0.231. The number of carbonyl (C=O) groups excluding carboxylic acids is 1. The van der Waals surface area contributed by atoms with Crippen LogP contribution in [-0.4, -0.2) is 21.2 Å². The molecule has 0 bridgehead atoms. The second kappa shape index (κ2) is 4.91. The van der Waals surface area contributed by atoms with E-state index in [9.17, 15) is 9.90 Å². The van der Waals surface area contributed by atoms with Crippen molar-refractivity contribution in [3.05, 3.63) is 41.1 Å². The normalized spacial score (nSPS) is 10.3. The van der Waals surface area contributed by atoms with Crippen molar-refractivity contribution in [2.24, 2.45) is 0 Å². The molecule has 18 heavy (non-hydrogen) atoms. The second-order valence-electron chi connectivity index (χ2n) is 4.09. The van der Waals surface area contributed by atoms with Gasteiger partial charge in [-0.1, -0.05) is 6.92 Å². The molecule has 5 heteroatoms. The Morgan fingerprint density at radius 2 is 2.22 bits per heavy atom. The number of benzene rings is 1. The summed E-state index contributed by atoms with van der Waals surface area (Å²) in [5.41, 5.74) is 2.21. The number of phenols is 1. The van der Waals surface area contributed by atoms with Gasteiger partial charge in [0.1, 0.15) is 5.75 Å². The maximum absolute atomic E-state index is 12.0. The van der Waals surface area contributed by atoms with E-state index in [1.165, 1.54) is 6.07 Å². The lowest BCUT2D eigenvalue weighted by Crippen LogP contribution is -2.13. The predicted molar refractivity (Wildman–Crippen MR) is 68.8 cm³/mol. The molecule has 0 unspecified atom stereocenters. The Morgan fingerprint density at radius 1 is 1.44 bits per heavy atom. The molecule has 0 aliphatic heterocycles. The Bertz CT molecular complexity index is 575. The summed E-state index contributed by atoms with van der Waals surface area (Å²) in [6.07, 6.45) is 0.834. The van der Waals surface area contributed by atoms with Crippen molar-refractivity contribution in [2.75, 3.05) is 5.32 Å². The van der Waals surface area contributed by atoms with Crippen molar-refractivity contribution in [2.45, 2.75) is 20.3 Å². The first-order valence-corrected chi connectivity index (χ1v) is 5.75. The molecule has 94 valence electrons. The highest BCUT2D eigenvalue weighted by atomic mass is 16.3. The van der Waals surface area contributed by atoms with Crippen molar-refractivity contribution in [3.8, 4) is 5.75 Å². The maximum Gasteiger partial charge on any atom is 0.257 e. The van der Waals surface area contributed by atoms with E-state index in [-0.39, 0.29) is 11.7 Å². The van der Waals surface area contributed by atoms with Crippen LogP contribution in [0.1, 0.15) is 28.5 Å². The standard InChI is InChI=1S/C13H15N3O2/c1-3-9-7-12(16-15-9)14-13(18)11-5-4-10(17)6-8(11)2/h4-7,17H,3H2,1-2H3,(H2,14,15,16,18). The molecule has 1 aromatic heterocycles. The first kappa shape index (κ1) is 12.2. The van der Waals surface area contributed by atoms with Gasteiger partial charge in [-0.3, -0.25) is 9.89 Å². The number of phenolic OH excluding ortho intramolecular Hbond substituents is 1. The number of nitrogens with zero attached hydrogens (tertiary/aromatic N) is 1. The topological polar surface area (TPSA) is 78.0 Å². The summed E-state index contributed by atoms with van der Waals surface area (Å²) >= 11 is 0. The molecule has 0 aliphatic carbocycles. The SMILES string of the molecule is CCc1cc(NC(=O)c2ccc(O)cc2C)n[nH]1. The molecular formula is C13H15N3O2. The molecule has 1 amide bonds. The maximum atomic E-state index is 12.0. The number of H-pyrrole nitrogens is 1. The first-order valence-electron chi connectivity index (χ1n) is 5.75. The van der Waals surface area contributed by atoms with E-state index < -0.39 is 0 Å². The Balaban J connectivity index is 2.16. The molecule has 0 saturated carbocycles. The summed E-state index contributed by atoms with van der Waals surface area (Å²) in [4.78, 5) is 12.0. The van der Waals surface area contributed by atoms with E-state index >= 15 is 0 Å². The number of aromatic amines is 1. The van der Waals surface area contributed by atoms with E-state index in [2.05, 4.69) is 15.5 Å². The van der Waals surface area contributed by atoms with E-state index in [1.807, 2.05) is 6.92 Å². The molecule has 0 saturated heterocycles. The lowest BCUT2D eigenvalue weighted by Gasteiger charge is -2.05. The van der Waals surface area contributed by atoms with Crippen LogP contribution >= 0.6 is 0 Å². The number of hydrogen-bond acceptors (Lipinski definition) is 3. The summed E-state index contributed by atoms with van der Waals surface area (Å²) in [6.45, 7) is 3.78. The second-order valence-corrected chi connectivity index (χ2v) is 4.09. The minimum absolute atomic E-state index is 0.150. The van der Waals surface area contributed by atoms with E-state index in [0.717, 1.165) is 17.7 Å². The first-order chi connectivity index (χ1) is 8.60. The van der Waals surface area contributed by atoms with Gasteiger partial charge in [0.05, 0.1) is 0 Å². The average molecular weight is 245 g/mol. The molecule has 1 aromatic carbocycles. The van der Waals surface area contributed by atoms with Gasteiger partial charge in [-0.25, -0.2) is 0 Å². The number of nitrogens with one attached hydrogen (secondary N) is 2. The average Bonchev–Trinajstić information content (AvgIpc) is 2.76. The zero-order valence-corrected chi connectivity index (χ0v) is 10.3. The minimum atomic E-state index is -0.235. The van der Waals surface area contributed by atoms with Gasteiger partial charge in [0.2, 0.25) is 0 Å². The number of rotatable bonds is 3. The van der Waals surface area contributed by atoms with Gasteiger partial charge in [0.25, 0.3) is 5.91 Å². The summed E-state index contributed by atoms with van der Waals surface area (Å²) in [6, 6.07) is 6.43. The Morgan fingerprint density at radius 3 is 2.83 bits per heavy atom. The van der Waals surface area contributed by atoms with Crippen LogP contribution < -0.4 is 5.32 Å². The highest BCUT2D eigenvalue weighted by Crippen LogP contribution is 2.17. The van der Waals surface area contributed by atoms with E-state index in [0.29, 0.717) is 11.4 Å². The van der Waals surface area contributed by atoms with Crippen molar-refractivity contribution >= 4 is 11.7 Å². The van der Waals surface area contributed by atoms with Gasteiger partial charge in [-0.05, 0) is 37.1 Å². The Labute approximate surface area is 105 Å². The van der Waals surface area contributed by atoms with Crippen LogP contribution in [0.15, 0.2) is 24.3 Å². The molecule has 0 atom stereocenters. The third-order valence-electron chi connectivity index (χ3n) is 2.71. The molecule has 0 radical (unpaired) electrons. The van der Waals surface area contributed by atoms with Crippen LogP contribution in [0, 0.1) is 6.92 Å². The van der Waals surface area contributed by atoms with Crippen molar-refractivity contribution in [3.63, 3.8) is 0 Å². The summed E-state index contributed by atoms with van der Waals surface area (Å²) in [5.74, 6) is 0.420. The van der Waals surface area contributed by atoms with Crippen molar-refractivity contribution < 1.29 is 9.90 Å². The van der Waals surface area contributed by atoms with Crippen LogP contribution in [0.2, 0.25) is 0 Å². The number of carbonyl (C=O) groups is 1. The number of aryl methyl sites for hydroxylation is 2. The largest absolute Gasteiger partial charge is 0.508 e. The van der Waals surface area contributed by atoms with Crippen molar-refractivity contribution in [1.82, 2.24) is 10.2 Å². The van der Waals surface area contributed by atoms with Crippen LogP contribution in [0.25, 0.3) is 0 Å². The monoisotopic (exact) mass is 245 g/mol. The zero-order valence-electron chi connectivity index (χ0n) is 10.3. The molecular weight excluding hydrogens is 230 g/mol. The van der Waals surface area contributed by atoms with Gasteiger partial charge in [-0.15, -0.1) is 0 Å². The van der Waals surface area contributed by atoms with Crippen LogP contribution in [0.4, 0.5) is 5.82 Å². The van der Waals surface area contributed by atoms with E-state index in [1.54, 1.807) is 25.1 Å². The molecule has 2 aromatic rings. The Hall–Kier alpha value is -2.30. The number of anilines is 1. The van der Waals surface area contributed by atoms with Crippen LogP contribution in [0.5, 0.6) is 5.75 Å². The van der Waals surface area contributed by atoms with Crippen LogP contribution in [-0.2, 0) is 6.42 Å². The fourth-order valence-electron chi connectivity index (χ4n) is 1.69. The third kappa shape index (κ3) is 2.51. The van der Waals surface area contributed by atoms with E-state index in [4.69, 9.17) is 0 Å². The highest BCUT2D eigenvalue weighted by molar-refractivity contribution is 6.04. The molecule has 0 fully saturated rings. The summed E-state index contributed by atoms with van der Waals surface area (Å²) < 4.78 is 0. The van der Waals surface area contributed by atoms with Gasteiger partial charge >= 0.3 is 0 Å². The van der Waals surface area contributed by atoms with Gasteiger partial charge < -0.3 is 10.4 Å².